The summed E-state index contributed by atoms with van der Waals surface area (Å²) in [7, 11) is 0. The Balaban J connectivity index is 1.81. The van der Waals surface area contributed by atoms with Gasteiger partial charge in [-0.3, -0.25) is 0 Å². The molecule has 0 aliphatic heterocycles. The van der Waals surface area contributed by atoms with Crippen LogP contribution < -0.4 is 0 Å². The fourth-order valence-corrected chi connectivity index (χ4v) is 18.6. The maximum absolute atomic E-state index is 2.82. The molecule has 0 bridgehead atoms. The van der Waals surface area contributed by atoms with Crippen LogP contribution in [0.5, 0.6) is 0 Å². The molecule has 0 N–H and O–H groups in total. The molecule has 4 aromatic carbocycles. The SMILES string of the molecule is CCC1=C(CC)C(CC)[C]([Zr](=[C](c2ccccc2)c2ccccc2)[CH]2c3cc(C)ccc3-c3ccc(C)cc32)=C1CC. The van der Waals surface area contributed by atoms with Crippen molar-refractivity contribution in [3.63, 3.8) is 0 Å². The fraction of sp³-hybridized carbons (Fsp3) is 0.293. The van der Waals surface area contributed by atoms with Crippen LogP contribution in [0.4, 0.5) is 0 Å². The van der Waals surface area contributed by atoms with Gasteiger partial charge in [0.25, 0.3) is 0 Å². The minimum atomic E-state index is -2.82. The Hall–Kier alpha value is -2.89. The molecule has 2 aliphatic carbocycles. The first kappa shape index (κ1) is 29.2. The molecule has 1 unspecified atom stereocenters. The second-order valence-corrected chi connectivity index (χ2v) is 18.1. The molecule has 0 amide bonds. The van der Waals surface area contributed by atoms with Crippen LogP contribution in [0.25, 0.3) is 11.1 Å². The topological polar surface area (TPSA) is 0 Å². The molecule has 0 radical (unpaired) electrons. The third-order valence-corrected chi connectivity index (χ3v) is 18.4. The Morgan fingerprint density at radius 2 is 1.10 bits per heavy atom. The standard InChI is InChI=1S/C15H13.C13H10.C13H21.Zr/c1-10-3-5-14-12(7-10)9-13-8-11(2)4-6-15(13)14;1-3-7-12(8-4-1)11-13-9-5-2-6-10-13;1-5-10-9-11(6-2)13(8-4)12(10)7-3;/h3-9H,1-2H3;1-10H;10H,5-8H2,1-4H3;. The molecular weight excluding hydrogens is 584 g/mol. The number of rotatable bonds is 8. The zero-order chi connectivity index (χ0) is 29.4. The van der Waals surface area contributed by atoms with Crippen molar-refractivity contribution in [2.75, 3.05) is 0 Å². The number of aryl methyl sites for hydroxylation is 2. The average Bonchev–Trinajstić information content (AvgIpc) is 3.50. The van der Waals surface area contributed by atoms with Gasteiger partial charge in [-0.25, -0.2) is 0 Å². The van der Waals surface area contributed by atoms with E-state index in [1.807, 2.05) is 3.28 Å². The molecule has 6 rings (SSSR count). The summed E-state index contributed by atoms with van der Waals surface area (Å²) in [6.07, 6.45) is 4.63. The van der Waals surface area contributed by atoms with Crippen molar-refractivity contribution in [3.8, 4) is 11.1 Å². The quantitative estimate of drug-likeness (QED) is 0.182. The minimum absolute atomic E-state index is 0.451. The van der Waals surface area contributed by atoms with Crippen molar-refractivity contribution in [1.82, 2.24) is 0 Å². The van der Waals surface area contributed by atoms with Crippen molar-refractivity contribution in [3.05, 3.63) is 150 Å². The van der Waals surface area contributed by atoms with Gasteiger partial charge >= 0.3 is 263 Å². The summed E-state index contributed by atoms with van der Waals surface area (Å²) in [6, 6.07) is 37.5. The number of hydrogen-bond donors (Lipinski definition) is 0. The van der Waals surface area contributed by atoms with Crippen molar-refractivity contribution in [2.45, 2.75) is 70.9 Å². The second-order valence-electron chi connectivity index (χ2n) is 12.1. The van der Waals surface area contributed by atoms with E-state index in [0.29, 0.717) is 9.54 Å². The number of allylic oxidation sites excluding steroid dienone is 4. The first-order valence-corrected chi connectivity index (χ1v) is 19.9. The van der Waals surface area contributed by atoms with Gasteiger partial charge in [0.1, 0.15) is 0 Å². The summed E-state index contributed by atoms with van der Waals surface area (Å²) in [5, 5.41) is 0. The van der Waals surface area contributed by atoms with Gasteiger partial charge in [0.2, 0.25) is 0 Å². The second kappa shape index (κ2) is 12.4. The molecule has 0 spiro atoms. The van der Waals surface area contributed by atoms with E-state index in [-0.39, 0.29) is 0 Å². The molecule has 1 atom stereocenters. The van der Waals surface area contributed by atoms with E-state index in [1.165, 1.54) is 39.8 Å². The summed E-state index contributed by atoms with van der Waals surface area (Å²) in [4.78, 5) is 0. The normalized spacial score (nSPS) is 16.2. The Bertz CT molecular complexity index is 1620. The summed E-state index contributed by atoms with van der Waals surface area (Å²) < 4.78 is 4.00. The Morgan fingerprint density at radius 1 is 0.595 bits per heavy atom. The fourth-order valence-electron chi connectivity index (χ4n) is 7.99. The number of hydrogen-bond acceptors (Lipinski definition) is 0. The molecular formula is C41H44Zr. The third kappa shape index (κ3) is 4.93. The predicted octanol–water partition coefficient (Wildman–Crippen LogP) is 11.1. The predicted molar refractivity (Wildman–Crippen MR) is 178 cm³/mol. The number of fused-ring (bicyclic) bond motifs is 3. The van der Waals surface area contributed by atoms with E-state index in [0.717, 1.165) is 19.3 Å². The van der Waals surface area contributed by atoms with Crippen LogP contribution in [0.3, 0.4) is 0 Å². The van der Waals surface area contributed by atoms with Crippen molar-refractivity contribution in [2.24, 2.45) is 5.92 Å². The van der Waals surface area contributed by atoms with Crippen LogP contribution in [0, 0.1) is 19.8 Å². The first-order valence-electron chi connectivity index (χ1n) is 16.0. The van der Waals surface area contributed by atoms with E-state index in [4.69, 9.17) is 0 Å². The Labute approximate surface area is 261 Å². The van der Waals surface area contributed by atoms with Gasteiger partial charge in [0.05, 0.1) is 0 Å². The summed E-state index contributed by atoms with van der Waals surface area (Å²) >= 11 is -2.82. The molecule has 0 heterocycles. The van der Waals surface area contributed by atoms with Crippen molar-refractivity contribution >= 4 is 3.21 Å². The van der Waals surface area contributed by atoms with E-state index in [9.17, 15) is 0 Å². The summed E-state index contributed by atoms with van der Waals surface area (Å²) in [5.74, 6) is 0.568. The van der Waals surface area contributed by atoms with Gasteiger partial charge in [-0.1, -0.05) is 0 Å². The molecule has 0 saturated carbocycles. The maximum atomic E-state index is 2.54. The molecule has 0 nitrogen and oxygen atoms in total. The van der Waals surface area contributed by atoms with Gasteiger partial charge in [0, 0.05) is 0 Å². The molecule has 4 aromatic rings. The summed E-state index contributed by atoms with van der Waals surface area (Å²) in [6.45, 7) is 14.2. The number of benzene rings is 4. The molecule has 1 heteroatoms. The van der Waals surface area contributed by atoms with E-state index in [1.54, 1.807) is 31.1 Å². The van der Waals surface area contributed by atoms with Crippen molar-refractivity contribution in [1.29, 1.82) is 0 Å². The van der Waals surface area contributed by atoms with E-state index >= 15 is 0 Å². The van der Waals surface area contributed by atoms with Crippen LogP contribution in [0.1, 0.15) is 90.4 Å². The van der Waals surface area contributed by atoms with E-state index in [2.05, 4.69) is 139 Å². The van der Waals surface area contributed by atoms with Crippen LogP contribution in [-0.2, 0) is 21.3 Å². The zero-order valence-electron chi connectivity index (χ0n) is 26.2. The molecule has 0 saturated heterocycles. The molecule has 0 aromatic heterocycles. The van der Waals surface area contributed by atoms with Crippen molar-refractivity contribution < 1.29 is 21.3 Å². The average molecular weight is 628 g/mol. The third-order valence-electron chi connectivity index (χ3n) is 9.64. The molecule has 0 fully saturated rings. The zero-order valence-corrected chi connectivity index (χ0v) is 28.7. The molecule has 2 aliphatic rings. The van der Waals surface area contributed by atoms with Crippen LogP contribution in [0.15, 0.2) is 117 Å². The van der Waals surface area contributed by atoms with Crippen LogP contribution in [0.2, 0.25) is 0 Å². The van der Waals surface area contributed by atoms with Gasteiger partial charge in [-0.05, 0) is 0 Å². The monoisotopic (exact) mass is 626 g/mol. The Morgan fingerprint density at radius 3 is 1.52 bits per heavy atom. The molecule has 212 valence electrons. The van der Waals surface area contributed by atoms with E-state index < -0.39 is 21.3 Å². The van der Waals surface area contributed by atoms with Gasteiger partial charge in [0.15, 0.2) is 0 Å². The van der Waals surface area contributed by atoms with Crippen LogP contribution in [-0.4, -0.2) is 3.21 Å². The van der Waals surface area contributed by atoms with Gasteiger partial charge in [-0.15, -0.1) is 0 Å². The summed E-state index contributed by atoms with van der Waals surface area (Å²) in [5.41, 5.74) is 16.8. The molecule has 42 heavy (non-hydrogen) atoms. The van der Waals surface area contributed by atoms with Gasteiger partial charge in [-0.2, -0.15) is 0 Å². The first-order chi connectivity index (χ1) is 20.5. The Kier molecular flexibility index (Phi) is 8.61. The van der Waals surface area contributed by atoms with Gasteiger partial charge < -0.3 is 0 Å². The van der Waals surface area contributed by atoms with Crippen LogP contribution >= 0.6 is 0 Å².